The van der Waals surface area contributed by atoms with E-state index in [0.717, 1.165) is 38.3 Å². The van der Waals surface area contributed by atoms with Crippen LogP contribution in [0.25, 0.3) is 6.08 Å². The van der Waals surface area contributed by atoms with Crippen molar-refractivity contribution in [1.29, 1.82) is 0 Å². The third-order valence-corrected chi connectivity index (χ3v) is 4.29. The van der Waals surface area contributed by atoms with Crippen LogP contribution in [0.3, 0.4) is 0 Å². The molecule has 0 aliphatic carbocycles. The number of carbonyl (C=O) groups is 1. The number of nitrogens with zero attached hydrogens (tertiary/aromatic N) is 3. The molecular formula is C19H25Cl2N5O2. The lowest BCUT2D eigenvalue weighted by Gasteiger charge is -2.33. The normalized spacial score (nSPS) is 16.7. The molecule has 1 aromatic heterocycles. The zero-order valence-electron chi connectivity index (χ0n) is 15.3. The van der Waals surface area contributed by atoms with Crippen molar-refractivity contribution in [2.24, 2.45) is 0 Å². The van der Waals surface area contributed by atoms with Gasteiger partial charge in [-0.3, -0.25) is 19.9 Å². The average Bonchev–Trinajstić information content (AvgIpc) is 2.68. The van der Waals surface area contributed by atoms with Gasteiger partial charge in [-0.25, -0.2) is 10.5 Å². The molecule has 1 atom stereocenters. The highest BCUT2D eigenvalue weighted by molar-refractivity contribution is 5.90. The van der Waals surface area contributed by atoms with E-state index in [1.807, 2.05) is 6.07 Å². The molecule has 152 valence electrons. The summed E-state index contributed by atoms with van der Waals surface area (Å²) in [5, 5.41) is 11.9. The fourth-order valence-electron chi connectivity index (χ4n) is 3.06. The van der Waals surface area contributed by atoms with Gasteiger partial charge in [0.2, 0.25) is 0 Å². The monoisotopic (exact) mass is 425 g/mol. The average molecular weight is 426 g/mol. The third kappa shape index (κ3) is 7.44. The Morgan fingerprint density at radius 1 is 1.21 bits per heavy atom. The molecule has 0 bridgehead atoms. The molecule has 7 nitrogen and oxygen atoms in total. The second-order valence-electron chi connectivity index (χ2n) is 6.34. The molecule has 2 heterocycles. The molecule has 3 rings (SSSR count). The fraction of sp³-hybridized carbons (Fsp3) is 0.316. The van der Waals surface area contributed by atoms with Gasteiger partial charge in [-0.1, -0.05) is 30.3 Å². The summed E-state index contributed by atoms with van der Waals surface area (Å²) in [4.78, 5) is 22.0. The summed E-state index contributed by atoms with van der Waals surface area (Å²) < 4.78 is 0. The number of rotatable bonds is 6. The van der Waals surface area contributed by atoms with Gasteiger partial charge in [-0.2, -0.15) is 0 Å². The molecule has 3 N–H and O–H groups in total. The fourth-order valence-corrected chi connectivity index (χ4v) is 3.06. The number of aromatic nitrogens is 2. The van der Waals surface area contributed by atoms with E-state index in [9.17, 15) is 4.79 Å². The first-order valence-electron chi connectivity index (χ1n) is 8.70. The number of hydrogen-bond donors (Lipinski definition) is 3. The molecule has 2 aromatic rings. The van der Waals surface area contributed by atoms with Gasteiger partial charge in [-0.15, -0.1) is 24.8 Å². The van der Waals surface area contributed by atoms with Gasteiger partial charge in [0, 0.05) is 25.2 Å². The molecule has 1 aliphatic heterocycles. The van der Waals surface area contributed by atoms with Crippen LogP contribution >= 0.6 is 24.8 Å². The summed E-state index contributed by atoms with van der Waals surface area (Å²) in [6, 6.07) is 10.8. The number of benzene rings is 1. The minimum Gasteiger partial charge on any atom is -0.365 e. The van der Waals surface area contributed by atoms with Crippen LogP contribution < -0.4 is 10.8 Å². The summed E-state index contributed by atoms with van der Waals surface area (Å²) in [6.07, 6.45) is 8.19. The lowest BCUT2D eigenvalue weighted by Crippen LogP contribution is -2.41. The van der Waals surface area contributed by atoms with E-state index in [4.69, 9.17) is 5.21 Å². The minimum atomic E-state index is -0.602. The Balaban J connectivity index is 0.00000196. The van der Waals surface area contributed by atoms with Crippen molar-refractivity contribution in [2.75, 3.05) is 18.4 Å². The van der Waals surface area contributed by atoms with Gasteiger partial charge >= 0.3 is 0 Å². The quantitative estimate of drug-likeness (QED) is 0.374. The Morgan fingerprint density at radius 2 is 2.00 bits per heavy atom. The predicted molar refractivity (Wildman–Crippen MR) is 114 cm³/mol. The number of hydroxylamine groups is 1. The number of hydrogen-bond acceptors (Lipinski definition) is 6. The maximum absolute atomic E-state index is 11.0. The van der Waals surface area contributed by atoms with E-state index >= 15 is 0 Å². The van der Waals surface area contributed by atoms with Crippen molar-refractivity contribution in [1.82, 2.24) is 20.3 Å². The maximum Gasteiger partial charge on any atom is 0.267 e. The number of anilines is 1. The first-order valence-corrected chi connectivity index (χ1v) is 8.70. The van der Waals surface area contributed by atoms with Crippen molar-refractivity contribution in [3.8, 4) is 0 Å². The molecule has 1 amide bonds. The molecule has 0 spiro atoms. The van der Waals surface area contributed by atoms with E-state index in [2.05, 4.69) is 44.5 Å². The van der Waals surface area contributed by atoms with Crippen LogP contribution in [0.2, 0.25) is 0 Å². The largest absolute Gasteiger partial charge is 0.365 e. The highest BCUT2D eigenvalue weighted by atomic mass is 35.5. The molecule has 28 heavy (non-hydrogen) atoms. The number of nitrogens with one attached hydrogen (secondary N) is 2. The lowest BCUT2D eigenvalue weighted by molar-refractivity contribution is -0.124. The molecule has 0 radical (unpaired) electrons. The van der Waals surface area contributed by atoms with Gasteiger partial charge in [0.15, 0.2) is 0 Å². The van der Waals surface area contributed by atoms with Gasteiger partial charge < -0.3 is 5.32 Å². The Labute approximate surface area is 177 Å². The summed E-state index contributed by atoms with van der Waals surface area (Å²) in [6.45, 7) is 3.03. The number of amides is 1. The van der Waals surface area contributed by atoms with Crippen molar-refractivity contribution < 1.29 is 10.0 Å². The van der Waals surface area contributed by atoms with Crippen LogP contribution in [0.5, 0.6) is 0 Å². The molecule has 9 heteroatoms. The van der Waals surface area contributed by atoms with E-state index < -0.39 is 5.91 Å². The summed E-state index contributed by atoms with van der Waals surface area (Å²) in [5.41, 5.74) is 3.41. The standard InChI is InChI=1S/C19H23N5O2.2ClH/c25-19(23-26)9-8-16-11-21-18(12-20-16)22-17-7-4-10-24(14-17)13-15-5-2-1-3-6-15;;/h1-3,5-6,8-9,11-12,17,26H,4,7,10,13-14H2,(H,21,22)(H,23,25);2*1H/b9-8+;;/t17-;;/m1../s1. The summed E-state index contributed by atoms with van der Waals surface area (Å²) >= 11 is 0. The number of likely N-dealkylation sites (tertiary alicyclic amines) is 1. The van der Waals surface area contributed by atoms with Crippen molar-refractivity contribution in [2.45, 2.75) is 25.4 Å². The van der Waals surface area contributed by atoms with E-state index in [0.29, 0.717) is 11.7 Å². The van der Waals surface area contributed by atoms with Crippen LogP contribution in [0.1, 0.15) is 24.1 Å². The molecule has 0 unspecified atom stereocenters. The van der Waals surface area contributed by atoms with Crippen LogP contribution in [0.15, 0.2) is 48.8 Å². The molecule has 1 saturated heterocycles. The van der Waals surface area contributed by atoms with Gasteiger partial charge in [0.25, 0.3) is 5.91 Å². The first-order chi connectivity index (χ1) is 12.7. The molecule has 1 fully saturated rings. The predicted octanol–water partition coefficient (Wildman–Crippen LogP) is 2.92. The Hall–Kier alpha value is -2.19. The van der Waals surface area contributed by atoms with Gasteiger partial charge in [-0.05, 0) is 31.0 Å². The Bertz CT molecular complexity index is 744. The van der Waals surface area contributed by atoms with Crippen molar-refractivity contribution in [3.63, 3.8) is 0 Å². The first kappa shape index (κ1) is 23.8. The van der Waals surface area contributed by atoms with Crippen LogP contribution in [0, 0.1) is 0 Å². The number of halogens is 2. The molecule has 0 saturated carbocycles. The number of carbonyl (C=O) groups excluding carboxylic acids is 1. The van der Waals surface area contributed by atoms with Crippen LogP contribution in [-0.4, -0.2) is 45.1 Å². The van der Waals surface area contributed by atoms with Crippen LogP contribution in [0.4, 0.5) is 5.82 Å². The SMILES string of the molecule is Cl.Cl.O=C(/C=C/c1cnc(N[C@@H]2CCCN(Cc3ccccc3)C2)cn1)NO. The smallest absolute Gasteiger partial charge is 0.267 e. The Kier molecular flexibility index (Phi) is 10.5. The van der Waals surface area contributed by atoms with E-state index in [-0.39, 0.29) is 24.8 Å². The highest BCUT2D eigenvalue weighted by Gasteiger charge is 2.20. The molecule has 1 aliphatic rings. The molecular weight excluding hydrogens is 401 g/mol. The zero-order chi connectivity index (χ0) is 18.2. The third-order valence-electron chi connectivity index (χ3n) is 4.29. The number of piperidine rings is 1. The second kappa shape index (κ2) is 12.3. The molecule has 1 aromatic carbocycles. The van der Waals surface area contributed by atoms with Gasteiger partial charge in [0.1, 0.15) is 5.82 Å². The Morgan fingerprint density at radius 3 is 2.68 bits per heavy atom. The van der Waals surface area contributed by atoms with Crippen molar-refractivity contribution in [3.05, 3.63) is 60.1 Å². The minimum absolute atomic E-state index is 0. The zero-order valence-corrected chi connectivity index (χ0v) is 17.0. The summed E-state index contributed by atoms with van der Waals surface area (Å²) in [5.74, 6) is 0.120. The van der Waals surface area contributed by atoms with E-state index in [1.54, 1.807) is 12.4 Å². The topological polar surface area (TPSA) is 90.4 Å². The van der Waals surface area contributed by atoms with Crippen LogP contribution in [-0.2, 0) is 11.3 Å². The second-order valence-corrected chi connectivity index (χ2v) is 6.34. The van der Waals surface area contributed by atoms with Gasteiger partial charge in [0.05, 0.1) is 18.1 Å². The van der Waals surface area contributed by atoms with E-state index in [1.165, 1.54) is 23.2 Å². The maximum atomic E-state index is 11.0. The summed E-state index contributed by atoms with van der Waals surface area (Å²) in [7, 11) is 0. The lowest BCUT2D eigenvalue weighted by atomic mass is 10.0. The van der Waals surface area contributed by atoms with Crippen molar-refractivity contribution >= 4 is 42.6 Å². The highest BCUT2D eigenvalue weighted by Crippen LogP contribution is 2.16.